The molecule has 1 aromatic heterocycles. The molecule has 21 heavy (non-hydrogen) atoms. The number of halogens is 1. The van der Waals surface area contributed by atoms with Crippen LogP contribution in [0.4, 0.5) is 0 Å². The first-order valence-corrected chi connectivity index (χ1v) is 7.57. The van der Waals surface area contributed by atoms with Gasteiger partial charge in [0.25, 0.3) is 0 Å². The maximum absolute atomic E-state index is 12.3. The van der Waals surface area contributed by atoms with Gasteiger partial charge in [0.1, 0.15) is 5.76 Å². The van der Waals surface area contributed by atoms with Gasteiger partial charge in [-0.25, -0.2) is 4.79 Å². The molecule has 1 N–H and O–H groups in total. The Kier molecular flexibility index (Phi) is 5.20. The Bertz CT molecular complexity index is 597. The molecule has 4 nitrogen and oxygen atoms in total. The molecule has 0 fully saturated rings. The highest BCUT2D eigenvalue weighted by atomic mass is 79.9. The minimum atomic E-state index is -1.03. The van der Waals surface area contributed by atoms with Crippen molar-refractivity contribution in [3.05, 3.63) is 58.5 Å². The molecule has 1 unspecified atom stereocenters. The first kappa shape index (κ1) is 15.8. The topological polar surface area (TPSA) is 51.5 Å². The molecule has 0 aliphatic heterocycles. The summed E-state index contributed by atoms with van der Waals surface area (Å²) in [7, 11) is 0. The van der Waals surface area contributed by atoms with Gasteiger partial charge < -0.3 is 9.15 Å². The lowest BCUT2D eigenvalue weighted by Gasteiger charge is -2.26. The Balaban J connectivity index is 2.21. The molecule has 112 valence electrons. The van der Waals surface area contributed by atoms with Crippen LogP contribution in [-0.4, -0.2) is 12.6 Å². The maximum atomic E-state index is 12.3. The summed E-state index contributed by atoms with van der Waals surface area (Å²) in [6, 6.07) is 13.4. The summed E-state index contributed by atoms with van der Waals surface area (Å²) in [5, 5.41) is 3.24. The fourth-order valence-corrected chi connectivity index (χ4v) is 2.30. The summed E-state index contributed by atoms with van der Waals surface area (Å²) < 4.78 is 11.3. The molecular formula is C16H18BrNO3. The average Bonchev–Trinajstić information content (AvgIpc) is 2.93. The number of hydrogen-bond acceptors (Lipinski definition) is 4. The SMILES string of the molecule is CCOC(=O)C(C)(NCc1ccccc1)c1ccc(Br)o1. The largest absolute Gasteiger partial charge is 0.464 e. The van der Waals surface area contributed by atoms with E-state index >= 15 is 0 Å². The van der Waals surface area contributed by atoms with Gasteiger partial charge in [0.2, 0.25) is 0 Å². The molecule has 0 bridgehead atoms. The predicted molar refractivity (Wildman–Crippen MR) is 83.7 cm³/mol. The molecule has 0 saturated carbocycles. The lowest BCUT2D eigenvalue weighted by Crippen LogP contribution is -2.47. The van der Waals surface area contributed by atoms with Gasteiger partial charge in [0.15, 0.2) is 10.2 Å². The van der Waals surface area contributed by atoms with Crippen LogP contribution in [0.5, 0.6) is 0 Å². The van der Waals surface area contributed by atoms with E-state index in [1.165, 1.54) is 0 Å². The van der Waals surface area contributed by atoms with Crippen LogP contribution in [0.3, 0.4) is 0 Å². The van der Waals surface area contributed by atoms with Crippen LogP contribution in [0.25, 0.3) is 0 Å². The summed E-state index contributed by atoms with van der Waals surface area (Å²) in [5.41, 5.74) is 0.0522. The van der Waals surface area contributed by atoms with E-state index in [9.17, 15) is 4.79 Å². The van der Waals surface area contributed by atoms with Gasteiger partial charge >= 0.3 is 5.97 Å². The van der Waals surface area contributed by atoms with Crippen LogP contribution in [0.1, 0.15) is 25.2 Å². The number of ether oxygens (including phenoxy) is 1. The second-order valence-electron chi connectivity index (χ2n) is 4.79. The van der Waals surface area contributed by atoms with Crippen LogP contribution in [0, 0.1) is 0 Å². The molecule has 0 saturated heterocycles. The van der Waals surface area contributed by atoms with Crippen LogP contribution in [0.15, 0.2) is 51.6 Å². The molecule has 1 heterocycles. The first-order chi connectivity index (χ1) is 10.1. The van der Waals surface area contributed by atoms with E-state index in [2.05, 4.69) is 21.2 Å². The Morgan fingerprint density at radius 3 is 2.57 bits per heavy atom. The molecule has 0 radical (unpaired) electrons. The number of nitrogens with one attached hydrogen (secondary N) is 1. The maximum Gasteiger partial charge on any atom is 0.334 e. The van der Waals surface area contributed by atoms with E-state index in [4.69, 9.17) is 9.15 Å². The van der Waals surface area contributed by atoms with E-state index in [1.807, 2.05) is 30.3 Å². The van der Waals surface area contributed by atoms with E-state index < -0.39 is 5.54 Å². The number of rotatable bonds is 6. The van der Waals surface area contributed by atoms with Gasteiger partial charge in [-0.2, -0.15) is 0 Å². The predicted octanol–water partition coefficient (Wildman–Crippen LogP) is 3.61. The highest BCUT2D eigenvalue weighted by Crippen LogP contribution is 2.27. The number of hydrogen-bond donors (Lipinski definition) is 1. The molecule has 0 spiro atoms. The zero-order chi connectivity index (χ0) is 15.3. The Labute approximate surface area is 132 Å². The first-order valence-electron chi connectivity index (χ1n) is 6.78. The van der Waals surface area contributed by atoms with Gasteiger partial charge in [-0.15, -0.1) is 0 Å². The van der Waals surface area contributed by atoms with E-state index in [0.29, 0.717) is 23.6 Å². The Morgan fingerprint density at radius 2 is 2.00 bits per heavy atom. The van der Waals surface area contributed by atoms with Crippen LogP contribution >= 0.6 is 15.9 Å². The minimum Gasteiger partial charge on any atom is -0.464 e. The number of carbonyl (C=O) groups excluding carboxylic acids is 1. The summed E-state index contributed by atoms with van der Waals surface area (Å²) in [5.74, 6) is 0.159. The van der Waals surface area contributed by atoms with Gasteiger partial charge in [-0.1, -0.05) is 30.3 Å². The third kappa shape index (κ3) is 3.74. The standard InChI is InChI=1S/C16H18BrNO3/c1-3-20-15(19)16(2,13-9-10-14(17)21-13)18-11-12-7-5-4-6-8-12/h4-10,18H,3,11H2,1-2H3. The van der Waals surface area contributed by atoms with Crippen LogP contribution in [-0.2, 0) is 21.6 Å². The number of furan rings is 1. The van der Waals surface area contributed by atoms with Crippen molar-refractivity contribution in [3.63, 3.8) is 0 Å². The van der Waals surface area contributed by atoms with Crippen molar-refractivity contribution in [3.8, 4) is 0 Å². The quantitative estimate of drug-likeness (QED) is 0.807. The van der Waals surface area contributed by atoms with Crippen molar-refractivity contribution < 1.29 is 13.9 Å². The van der Waals surface area contributed by atoms with Crippen molar-refractivity contribution in [2.45, 2.75) is 25.9 Å². The fourth-order valence-electron chi connectivity index (χ4n) is 1.99. The number of benzene rings is 1. The normalized spacial score (nSPS) is 13.7. The Hall–Kier alpha value is -1.59. The molecule has 2 rings (SSSR count). The third-order valence-corrected chi connectivity index (χ3v) is 3.66. The fraction of sp³-hybridized carbons (Fsp3) is 0.312. The van der Waals surface area contributed by atoms with Crippen molar-refractivity contribution in [1.82, 2.24) is 5.32 Å². The molecule has 5 heteroatoms. The average molecular weight is 352 g/mol. The monoisotopic (exact) mass is 351 g/mol. The van der Waals surface area contributed by atoms with Crippen molar-refractivity contribution in [1.29, 1.82) is 0 Å². The van der Waals surface area contributed by atoms with Gasteiger partial charge in [0, 0.05) is 6.54 Å². The summed E-state index contributed by atoms with van der Waals surface area (Å²) in [4.78, 5) is 12.3. The number of esters is 1. The molecule has 1 aromatic carbocycles. The number of carbonyl (C=O) groups is 1. The lowest BCUT2D eigenvalue weighted by molar-refractivity contribution is -0.151. The highest BCUT2D eigenvalue weighted by molar-refractivity contribution is 9.10. The summed E-state index contributed by atoms with van der Waals surface area (Å²) in [6.45, 7) is 4.41. The van der Waals surface area contributed by atoms with Gasteiger partial charge in [0.05, 0.1) is 6.61 Å². The van der Waals surface area contributed by atoms with Gasteiger partial charge in [-0.3, -0.25) is 5.32 Å². The molecule has 2 aromatic rings. The Morgan fingerprint density at radius 1 is 1.29 bits per heavy atom. The second kappa shape index (κ2) is 6.91. The van der Waals surface area contributed by atoms with Crippen molar-refractivity contribution in [2.75, 3.05) is 6.61 Å². The summed E-state index contributed by atoms with van der Waals surface area (Å²) in [6.07, 6.45) is 0. The molecular weight excluding hydrogens is 334 g/mol. The smallest absolute Gasteiger partial charge is 0.334 e. The van der Waals surface area contributed by atoms with Crippen molar-refractivity contribution >= 4 is 21.9 Å². The van der Waals surface area contributed by atoms with Crippen LogP contribution in [0.2, 0.25) is 0 Å². The molecule has 1 atom stereocenters. The van der Waals surface area contributed by atoms with Crippen LogP contribution < -0.4 is 5.32 Å². The van der Waals surface area contributed by atoms with E-state index in [0.717, 1.165) is 5.56 Å². The highest BCUT2D eigenvalue weighted by Gasteiger charge is 2.39. The minimum absolute atomic E-state index is 0.323. The third-order valence-electron chi connectivity index (χ3n) is 3.24. The van der Waals surface area contributed by atoms with E-state index in [1.54, 1.807) is 26.0 Å². The molecule has 0 aliphatic rings. The zero-order valence-corrected chi connectivity index (χ0v) is 13.6. The molecule has 0 amide bonds. The summed E-state index contributed by atoms with van der Waals surface area (Å²) >= 11 is 3.26. The van der Waals surface area contributed by atoms with Gasteiger partial charge in [-0.05, 0) is 47.5 Å². The lowest BCUT2D eigenvalue weighted by atomic mass is 9.98. The van der Waals surface area contributed by atoms with Crippen molar-refractivity contribution in [2.24, 2.45) is 0 Å². The van der Waals surface area contributed by atoms with E-state index in [-0.39, 0.29) is 5.97 Å². The molecule has 0 aliphatic carbocycles. The second-order valence-corrected chi connectivity index (χ2v) is 5.57. The zero-order valence-electron chi connectivity index (χ0n) is 12.1.